The van der Waals surface area contributed by atoms with Gasteiger partial charge in [-0.2, -0.15) is 11.8 Å². The Morgan fingerprint density at radius 3 is 2.82 bits per heavy atom. The van der Waals surface area contributed by atoms with E-state index in [4.69, 9.17) is 0 Å². The summed E-state index contributed by atoms with van der Waals surface area (Å²) >= 11 is 1.95. The van der Waals surface area contributed by atoms with Crippen molar-refractivity contribution in [2.24, 2.45) is 5.92 Å². The number of carbonyl (C=O) groups is 2. The summed E-state index contributed by atoms with van der Waals surface area (Å²) in [6, 6.07) is -0.759. The van der Waals surface area contributed by atoms with Gasteiger partial charge in [-0.3, -0.25) is 10.1 Å². The van der Waals surface area contributed by atoms with Gasteiger partial charge < -0.3 is 10.6 Å². The minimum absolute atomic E-state index is 0.276. The fourth-order valence-corrected chi connectivity index (χ4v) is 2.89. The van der Waals surface area contributed by atoms with Crippen LogP contribution in [-0.4, -0.2) is 42.6 Å². The van der Waals surface area contributed by atoms with Crippen molar-refractivity contribution in [3.8, 4) is 0 Å². The number of rotatable bonds is 5. The highest BCUT2D eigenvalue weighted by Gasteiger charge is 2.19. The first-order valence-electron chi connectivity index (χ1n) is 6.03. The molecular formula is C11H21N3O2S. The Morgan fingerprint density at radius 2 is 2.24 bits per heavy atom. The SMILES string of the molecule is CCNC(=O)NC(=O)C(C)NCC1CCSC1. The molecule has 2 atom stereocenters. The summed E-state index contributed by atoms with van der Waals surface area (Å²) in [6.45, 7) is 4.94. The Labute approximate surface area is 106 Å². The van der Waals surface area contributed by atoms with Crippen LogP contribution in [0, 0.1) is 5.92 Å². The molecule has 6 heteroatoms. The number of imide groups is 1. The fourth-order valence-electron chi connectivity index (χ4n) is 1.61. The summed E-state index contributed by atoms with van der Waals surface area (Å²) < 4.78 is 0. The molecule has 5 nitrogen and oxygen atoms in total. The molecule has 0 radical (unpaired) electrons. The highest BCUT2D eigenvalue weighted by Crippen LogP contribution is 2.22. The highest BCUT2D eigenvalue weighted by atomic mass is 32.2. The van der Waals surface area contributed by atoms with Gasteiger partial charge >= 0.3 is 6.03 Å². The van der Waals surface area contributed by atoms with E-state index in [1.54, 1.807) is 6.92 Å². The monoisotopic (exact) mass is 259 g/mol. The topological polar surface area (TPSA) is 70.2 Å². The molecule has 98 valence electrons. The standard InChI is InChI=1S/C11H21N3O2S/c1-3-12-11(16)14-10(15)8(2)13-6-9-4-5-17-7-9/h8-9,13H,3-7H2,1-2H3,(H2,12,14,15,16). The second-order valence-corrected chi connectivity index (χ2v) is 5.36. The van der Waals surface area contributed by atoms with E-state index in [0.29, 0.717) is 12.5 Å². The molecular weight excluding hydrogens is 238 g/mol. The van der Waals surface area contributed by atoms with Crippen molar-refractivity contribution >= 4 is 23.7 Å². The molecule has 0 aromatic rings. The van der Waals surface area contributed by atoms with Crippen molar-refractivity contribution in [3.63, 3.8) is 0 Å². The number of carbonyl (C=O) groups excluding carboxylic acids is 2. The van der Waals surface area contributed by atoms with Crippen LogP contribution in [0.2, 0.25) is 0 Å². The van der Waals surface area contributed by atoms with E-state index in [-0.39, 0.29) is 11.9 Å². The lowest BCUT2D eigenvalue weighted by Gasteiger charge is -2.16. The number of hydrogen-bond donors (Lipinski definition) is 3. The first-order valence-corrected chi connectivity index (χ1v) is 7.18. The van der Waals surface area contributed by atoms with Gasteiger partial charge in [0.25, 0.3) is 0 Å². The molecule has 1 heterocycles. The summed E-state index contributed by atoms with van der Waals surface area (Å²) in [7, 11) is 0. The summed E-state index contributed by atoms with van der Waals surface area (Å²) in [5, 5.41) is 7.99. The van der Waals surface area contributed by atoms with Crippen LogP contribution in [0.15, 0.2) is 0 Å². The predicted octanol–water partition coefficient (Wildman–Crippen LogP) is 0.563. The van der Waals surface area contributed by atoms with Crippen molar-refractivity contribution in [1.82, 2.24) is 16.0 Å². The molecule has 3 amide bonds. The fraction of sp³-hybridized carbons (Fsp3) is 0.818. The Morgan fingerprint density at radius 1 is 1.47 bits per heavy atom. The van der Waals surface area contributed by atoms with Gasteiger partial charge in [-0.1, -0.05) is 0 Å². The van der Waals surface area contributed by atoms with E-state index in [9.17, 15) is 9.59 Å². The summed E-state index contributed by atoms with van der Waals surface area (Å²) in [5.74, 6) is 2.75. The highest BCUT2D eigenvalue weighted by molar-refractivity contribution is 7.99. The lowest BCUT2D eigenvalue weighted by Crippen LogP contribution is -2.48. The van der Waals surface area contributed by atoms with Crippen LogP contribution in [0.4, 0.5) is 4.79 Å². The van der Waals surface area contributed by atoms with Crippen LogP contribution >= 0.6 is 11.8 Å². The van der Waals surface area contributed by atoms with E-state index in [1.165, 1.54) is 12.2 Å². The van der Waals surface area contributed by atoms with Gasteiger partial charge in [0.05, 0.1) is 6.04 Å². The van der Waals surface area contributed by atoms with Crippen LogP contribution in [0.5, 0.6) is 0 Å². The second kappa shape index (κ2) is 7.55. The lowest BCUT2D eigenvalue weighted by atomic mass is 10.1. The molecule has 1 fully saturated rings. The molecule has 3 N–H and O–H groups in total. The molecule has 0 aromatic heterocycles. The third kappa shape index (κ3) is 5.41. The zero-order chi connectivity index (χ0) is 12.7. The minimum atomic E-state index is -0.428. The summed E-state index contributed by atoms with van der Waals surface area (Å²) in [4.78, 5) is 22.7. The Kier molecular flexibility index (Phi) is 6.36. The average Bonchev–Trinajstić information content (AvgIpc) is 2.78. The lowest BCUT2D eigenvalue weighted by molar-refractivity contribution is -0.121. The first-order chi connectivity index (χ1) is 8.13. The van der Waals surface area contributed by atoms with Crippen LogP contribution < -0.4 is 16.0 Å². The minimum Gasteiger partial charge on any atom is -0.338 e. The second-order valence-electron chi connectivity index (χ2n) is 4.21. The van der Waals surface area contributed by atoms with Crippen molar-refractivity contribution < 1.29 is 9.59 Å². The van der Waals surface area contributed by atoms with Crippen LogP contribution in [0.3, 0.4) is 0 Å². The van der Waals surface area contributed by atoms with Crippen LogP contribution in [0.1, 0.15) is 20.3 Å². The molecule has 0 aliphatic carbocycles. The number of urea groups is 1. The van der Waals surface area contributed by atoms with Gasteiger partial charge in [-0.15, -0.1) is 0 Å². The number of thioether (sulfide) groups is 1. The molecule has 0 bridgehead atoms. The first kappa shape index (κ1) is 14.3. The Hall–Kier alpha value is -0.750. The van der Waals surface area contributed by atoms with Gasteiger partial charge in [-0.25, -0.2) is 4.79 Å². The number of nitrogens with one attached hydrogen (secondary N) is 3. The molecule has 1 aliphatic rings. The summed E-state index contributed by atoms with van der Waals surface area (Å²) in [5.41, 5.74) is 0. The molecule has 1 aliphatic heterocycles. The van der Waals surface area contributed by atoms with Gasteiger partial charge in [0.2, 0.25) is 5.91 Å². The van der Waals surface area contributed by atoms with Crippen molar-refractivity contribution in [2.45, 2.75) is 26.3 Å². The number of hydrogen-bond acceptors (Lipinski definition) is 4. The zero-order valence-corrected chi connectivity index (χ0v) is 11.2. The molecule has 1 saturated heterocycles. The molecule has 1 rings (SSSR count). The van der Waals surface area contributed by atoms with E-state index < -0.39 is 6.03 Å². The van der Waals surface area contributed by atoms with Crippen LogP contribution in [-0.2, 0) is 4.79 Å². The quantitative estimate of drug-likeness (QED) is 0.675. The largest absolute Gasteiger partial charge is 0.338 e. The van der Waals surface area contributed by atoms with E-state index in [0.717, 1.165) is 12.3 Å². The van der Waals surface area contributed by atoms with E-state index in [2.05, 4.69) is 16.0 Å². The molecule has 0 saturated carbocycles. The third-order valence-electron chi connectivity index (χ3n) is 2.70. The average molecular weight is 259 g/mol. The number of amides is 3. The van der Waals surface area contributed by atoms with E-state index >= 15 is 0 Å². The summed E-state index contributed by atoms with van der Waals surface area (Å²) in [6.07, 6.45) is 1.21. The maximum absolute atomic E-state index is 11.6. The van der Waals surface area contributed by atoms with Gasteiger partial charge in [0.1, 0.15) is 0 Å². The normalized spacial score (nSPS) is 20.9. The zero-order valence-electron chi connectivity index (χ0n) is 10.4. The Bertz CT molecular complexity index is 267. The van der Waals surface area contributed by atoms with E-state index in [1.807, 2.05) is 18.7 Å². The van der Waals surface area contributed by atoms with Gasteiger partial charge in [0.15, 0.2) is 0 Å². The van der Waals surface area contributed by atoms with Crippen molar-refractivity contribution in [2.75, 3.05) is 24.6 Å². The predicted molar refractivity (Wildman–Crippen MR) is 70.1 cm³/mol. The molecule has 0 spiro atoms. The molecule has 2 unspecified atom stereocenters. The van der Waals surface area contributed by atoms with Gasteiger partial charge in [-0.05, 0) is 44.2 Å². The van der Waals surface area contributed by atoms with Crippen LogP contribution in [0.25, 0.3) is 0 Å². The molecule has 17 heavy (non-hydrogen) atoms. The third-order valence-corrected chi connectivity index (χ3v) is 3.94. The Balaban J connectivity index is 2.19. The van der Waals surface area contributed by atoms with Crippen molar-refractivity contribution in [1.29, 1.82) is 0 Å². The maximum Gasteiger partial charge on any atom is 0.321 e. The smallest absolute Gasteiger partial charge is 0.321 e. The maximum atomic E-state index is 11.6. The van der Waals surface area contributed by atoms with Crippen molar-refractivity contribution in [3.05, 3.63) is 0 Å². The van der Waals surface area contributed by atoms with Gasteiger partial charge in [0, 0.05) is 6.54 Å². The molecule has 0 aromatic carbocycles.